The quantitative estimate of drug-likeness (QED) is 0.642. The number of amides is 3. The SMILES string of the molecule is CCOC(CNC(=O)Nc1cccc(NC(C)=O)c1)OCC. The van der Waals surface area contributed by atoms with Crippen molar-refractivity contribution in [1.29, 1.82) is 0 Å². The molecule has 122 valence electrons. The molecular formula is C15H23N3O4. The first-order valence-corrected chi connectivity index (χ1v) is 7.20. The Morgan fingerprint density at radius 3 is 2.23 bits per heavy atom. The maximum Gasteiger partial charge on any atom is 0.319 e. The number of nitrogens with one attached hydrogen (secondary N) is 3. The van der Waals surface area contributed by atoms with E-state index in [9.17, 15) is 9.59 Å². The second-order valence-corrected chi connectivity index (χ2v) is 4.44. The van der Waals surface area contributed by atoms with Gasteiger partial charge in [0.15, 0.2) is 6.29 Å². The van der Waals surface area contributed by atoms with Gasteiger partial charge >= 0.3 is 6.03 Å². The van der Waals surface area contributed by atoms with Crippen molar-refractivity contribution < 1.29 is 19.1 Å². The Morgan fingerprint density at radius 2 is 1.68 bits per heavy atom. The summed E-state index contributed by atoms with van der Waals surface area (Å²) in [4.78, 5) is 22.8. The Balaban J connectivity index is 2.48. The van der Waals surface area contributed by atoms with E-state index in [2.05, 4.69) is 16.0 Å². The normalized spacial score (nSPS) is 10.4. The fourth-order valence-electron chi connectivity index (χ4n) is 1.77. The van der Waals surface area contributed by atoms with Crippen molar-refractivity contribution in [2.45, 2.75) is 27.1 Å². The van der Waals surface area contributed by atoms with Crippen molar-refractivity contribution in [2.24, 2.45) is 0 Å². The van der Waals surface area contributed by atoms with Crippen LogP contribution in [-0.2, 0) is 14.3 Å². The summed E-state index contributed by atoms with van der Waals surface area (Å²) in [6, 6.07) is 6.51. The molecule has 22 heavy (non-hydrogen) atoms. The zero-order valence-corrected chi connectivity index (χ0v) is 13.1. The largest absolute Gasteiger partial charge is 0.351 e. The van der Waals surface area contributed by atoms with E-state index < -0.39 is 6.29 Å². The van der Waals surface area contributed by atoms with Crippen molar-refractivity contribution in [3.63, 3.8) is 0 Å². The molecule has 1 rings (SSSR count). The maximum atomic E-state index is 11.8. The molecular weight excluding hydrogens is 286 g/mol. The van der Waals surface area contributed by atoms with E-state index in [1.54, 1.807) is 24.3 Å². The fourth-order valence-corrected chi connectivity index (χ4v) is 1.77. The van der Waals surface area contributed by atoms with E-state index in [0.29, 0.717) is 24.6 Å². The standard InChI is InChI=1S/C15H23N3O4/c1-4-21-14(22-5-2)10-16-15(20)18-13-8-6-7-12(9-13)17-11(3)19/h6-9,14H,4-5,10H2,1-3H3,(H,17,19)(H2,16,18,20). The van der Waals surface area contributed by atoms with Gasteiger partial charge in [0.1, 0.15) is 0 Å². The van der Waals surface area contributed by atoms with Crippen LogP contribution in [0.4, 0.5) is 16.2 Å². The lowest BCUT2D eigenvalue weighted by Gasteiger charge is -2.17. The summed E-state index contributed by atoms with van der Waals surface area (Å²) in [5, 5.41) is 8.01. The molecule has 0 fully saturated rings. The van der Waals surface area contributed by atoms with Gasteiger partial charge in [-0.2, -0.15) is 0 Å². The predicted octanol–water partition coefficient (Wildman–Crippen LogP) is 2.17. The molecule has 7 nitrogen and oxygen atoms in total. The summed E-state index contributed by atoms with van der Waals surface area (Å²) in [5.74, 6) is -0.169. The smallest absolute Gasteiger partial charge is 0.319 e. The number of hydrogen-bond acceptors (Lipinski definition) is 4. The minimum atomic E-state index is -0.466. The van der Waals surface area contributed by atoms with Gasteiger partial charge in [0.05, 0.1) is 6.54 Å². The van der Waals surface area contributed by atoms with Crippen molar-refractivity contribution in [3.8, 4) is 0 Å². The molecule has 1 aromatic rings. The minimum Gasteiger partial charge on any atom is -0.351 e. The molecule has 0 aliphatic heterocycles. The summed E-state index contributed by atoms with van der Waals surface area (Å²) >= 11 is 0. The van der Waals surface area contributed by atoms with Gasteiger partial charge in [0.25, 0.3) is 0 Å². The molecule has 0 bridgehead atoms. The highest BCUT2D eigenvalue weighted by Crippen LogP contribution is 2.14. The van der Waals surface area contributed by atoms with Crippen LogP contribution in [0.15, 0.2) is 24.3 Å². The number of hydrogen-bond donors (Lipinski definition) is 3. The highest BCUT2D eigenvalue weighted by molar-refractivity contribution is 5.92. The molecule has 0 atom stereocenters. The number of anilines is 2. The van der Waals surface area contributed by atoms with Crippen molar-refractivity contribution in [1.82, 2.24) is 5.32 Å². The van der Waals surface area contributed by atoms with Crippen LogP contribution >= 0.6 is 0 Å². The Kier molecular flexibility index (Phi) is 7.95. The lowest BCUT2D eigenvalue weighted by Crippen LogP contribution is -2.37. The molecule has 1 aromatic carbocycles. The lowest BCUT2D eigenvalue weighted by atomic mass is 10.3. The molecule has 3 amide bonds. The Morgan fingerprint density at radius 1 is 1.09 bits per heavy atom. The lowest BCUT2D eigenvalue weighted by molar-refractivity contribution is -0.131. The molecule has 0 saturated carbocycles. The van der Waals surface area contributed by atoms with E-state index in [-0.39, 0.29) is 18.5 Å². The first kappa shape index (κ1) is 17.9. The van der Waals surface area contributed by atoms with Crippen LogP contribution in [0.1, 0.15) is 20.8 Å². The second kappa shape index (κ2) is 9.75. The van der Waals surface area contributed by atoms with Gasteiger partial charge < -0.3 is 25.4 Å². The molecule has 0 radical (unpaired) electrons. The second-order valence-electron chi connectivity index (χ2n) is 4.44. The highest BCUT2D eigenvalue weighted by atomic mass is 16.7. The number of carbonyl (C=O) groups excluding carboxylic acids is 2. The van der Waals surface area contributed by atoms with Crippen LogP contribution in [0.25, 0.3) is 0 Å². The van der Waals surface area contributed by atoms with Crippen LogP contribution in [0.5, 0.6) is 0 Å². The Labute approximate surface area is 130 Å². The Hall–Kier alpha value is -2.12. The van der Waals surface area contributed by atoms with E-state index in [1.807, 2.05) is 13.8 Å². The van der Waals surface area contributed by atoms with Gasteiger partial charge in [-0.05, 0) is 32.0 Å². The van der Waals surface area contributed by atoms with Crippen LogP contribution in [0.2, 0.25) is 0 Å². The zero-order valence-electron chi connectivity index (χ0n) is 13.1. The van der Waals surface area contributed by atoms with Crippen LogP contribution in [0, 0.1) is 0 Å². The molecule has 7 heteroatoms. The summed E-state index contributed by atoms with van der Waals surface area (Å²) in [6.45, 7) is 6.41. The molecule has 0 saturated heterocycles. The van der Waals surface area contributed by atoms with Crippen molar-refractivity contribution >= 4 is 23.3 Å². The summed E-state index contributed by atoms with van der Waals surface area (Å²) in [5.41, 5.74) is 1.19. The average molecular weight is 309 g/mol. The fraction of sp³-hybridized carbons (Fsp3) is 0.467. The summed E-state index contributed by atoms with van der Waals surface area (Å²) in [7, 11) is 0. The topological polar surface area (TPSA) is 88.7 Å². The molecule has 0 aliphatic rings. The molecule has 0 aliphatic carbocycles. The maximum absolute atomic E-state index is 11.8. The third-order valence-electron chi connectivity index (χ3n) is 2.58. The van der Waals surface area contributed by atoms with E-state index in [0.717, 1.165) is 0 Å². The monoisotopic (exact) mass is 309 g/mol. The first-order chi connectivity index (χ1) is 10.5. The Bertz CT molecular complexity index is 487. The van der Waals surface area contributed by atoms with Gasteiger partial charge in [-0.1, -0.05) is 6.07 Å². The minimum absolute atomic E-state index is 0.169. The average Bonchev–Trinajstić information content (AvgIpc) is 2.45. The van der Waals surface area contributed by atoms with Crippen molar-refractivity contribution in [3.05, 3.63) is 24.3 Å². The van der Waals surface area contributed by atoms with E-state index >= 15 is 0 Å². The summed E-state index contributed by atoms with van der Waals surface area (Å²) < 4.78 is 10.7. The summed E-state index contributed by atoms with van der Waals surface area (Å²) in [6.07, 6.45) is -0.466. The predicted molar refractivity (Wildman–Crippen MR) is 84.8 cm³/mol. The number of rotatable bonds is 8. The number of benzene rings is 1. The van der Waals surface area contributed by atoms with Gasteiger partial charge in [0, 0.05) is 31.5 Å². The number of carbonyl (C=O) groups is 2. The van der Waals surface area contributed by atoms with Gasteiger partial charge in [0.2, 0.25) is 5.91 Å². The van der Waals surface area contributed by atoms with Crippen LogP contribution < -0.4 is 16.0 Å². The van der Waals surface area contributed by atoms with Crippen LogP contribution in [-0.4, -0.2) is 38.0 Å². The molecule has 0 unspecified atom stereocenters. The third kappa shape index (κ3) is 7.05. The molecule has 0 heterocycles. The molecule has 0 aromatic heterocycles. The first-order valence-electron chi connectivity index (χ1n) is 7.20. The van der Waals surface area contributed by atoms with Gasteiger partial charge in [-0.15, -0.1) is 0 Å². The molecule has 3 N–H and O–H groups in total. The third-order valence-corrected chi connectivity index (χ3v) is 2.58. The highest BCUT2D eigenvalue weighted by Gasteiger charge is 2.10. The zero-order chi connectivity index (χ0) is 16.4. The van der Waals surface area contributed by atoms with Crippen LogP contribution in [0.3, 0.4) is 0 Å². The van der Waals surface area contributed by atoms with Gasteiger partial charge in [-0.25, -0.2) is 4.79 Å². The number of urea groups is 1. The van der Waals surface area contributed by atoms with E-state index in [4.69, 9.17) is 9.47 Å². The van der Waals surface area contributed by atoms with Gasteiger partial charge in [-0.3, -0.25) is 4.79 Å². The molecule has 0 spiro atoms. The van der Waals surface area contributed by atoms with Crippen molar-refractivity contribution in [2.75, 3.05) is 30.4 Å². The number of ether oxygens (including phenoxy) is 2. The van der Waals surface area contributed by atoms with E-state index in [1.165, 1.54) is 6.92 Å².